The molecular weight excluding hydrogens is 367 g/mol. The average molecular weight is 388 g/mol. The lowest BCUT2D eigenvalue weighted by molar-refractivity contribution is 0.0938. The van der Waals surface area contributed by atoms with Gasteiger partial charge in [-0.3, -0.25) is 9.20 Å². The molecule has 1 amide bonds. The maximum absolute atomic E-state index is 13.2. The number of nitrogens with one attached hydrogen (secondary N) is 1. The lowest BCUT2D eigenvalue weighted by atomic mass is 10.1. The number of benzene rings is 2. The first kappa shape index (κ1) is 18.8. The molecule has 29 heavy (non-hydrogen) atoms. The van der Waals surface area contributed by atoms with Gasteiger partial charge < -0.3 is 5.32 Å². The second-order valence-corrected chi connectivity index (χ2v) is 7.07. The number of carbonyl (C=O) groups excluding carboxylic acids is 1. The molecule has 4 rings (SSSR count). The van der Waals surface area contributed by atoms with E-state index in [9.17, 15) is 9.18 Å². The van der Waals surface area contributed by atoms with Gasteiger partial charge in [-0.15, -0.1) is 10.2 Å². The zero-order chi connectivity index (χ0) is 20.2. The van der Waals surface area contributed by atoms with Crippen molar-refractivity contribution in [1.82, 2.24) is 19.9 Å². The molecule has 4 aromatic rings. The Morgan fingerprint density at radius 2 is 1.83 bits per heavy atom. The van der Waals surface area contributed by atoms with Crippen LogP contribution in [-0.2, 0) is 6.42 Å². The molecule has 0 bridgehead atoms. The van der Waals surface area contributed by atoms with E-state index in [4.69, 9.17) is 0 Å². The summed E-state index contributed by atoms with van der Waals surface area (Å²) >= 11 is 0. The van der Waals surface area contributed by atoms with Gasteiger partial charge in [-0.2, -0.15) is 0 Å². The fourth-order valence-electron chi connectivity index (χ4n) is 3.24. The summed E-state index contributed by atoms with van der Waals surface area (Å²) in [6.45, 7) is 2.00. The lowest BCUT2D eigenvalue weighted by Gasteiger charge is -2.14. The number of aryl methyl sites for hydroxylation is 1. The smallest absolute Gasteiger partial charge is 0.251 e. The van der Waals surface area contributed by atoms with Crippen LogP contribution in [0.2, 0.25) is 0 Å². The molecule has 1 unspecified atom stereocenters. The number of nitrogens with zero attached hydrogens (tertiary/aromatic N) is 3. The van der Waals surface area contributed by atoms with Crippen molar-refractivity contribution in [3.63, 3.8) is 0 Å². The first-order chi connectivity index (χ1) is 14.1. The van der Waals surface area contributed by atoms with E-state index in [0.717, 1.165) is 18.4 Å². The third kappa shape index (κ3) is 4.32. The molecule has 6 heteroatoms. The number of fused-ring (bicyclic) bond motifs is 1. The van der Waals surface area contributed by atoms with Crippen molar-refractivity contribution in [2.75, 3.05) is 0 Å². The Hall–Kier alpha value is -3.54. The molecule has 0 aliphatic rings. The van der Waals surface area contributed by atoms with Crippen LogP contribution in [0.3, 0.4) is 0 Å². The summed E-state index contributed by atoms with van der Waals surface area (Å²) in [6.07, 6.45) is 3.53. The Bertz CT molecular complexity index is 1120. The van der Waals surface area contributed by atoms with Crippen molar-refractivity contribution in [3.8, 4) is 11.4 Å². The molecule has 5 nitrogen and oxygen atoms in total. The average Bonchev–Trinajstić information content (AvgIpc) is 3.17. The maximum Gasteiger partial charge on any atom is 0.251 e. The predicted molar refractivity (Wildman–Crippen MR) is 110 cm³/mol. The number of aromatic nitrogens is 3. The highest BCUT2D eigenvalue weighted by Gasteiger charge is 2.13. The highest BCUT2D eigenvalue weighted by molar-refractivity contribution is 5.95. The van der Waals surface area contributed by atoms with Gasteiger partial charge in [0.1, 0.15) is 5.82 Å². The molecule has 0 fully saturated rings. The minimum atomic E-state index is -0.303. The maximum atomic E-state index is 13.2. The minimum absolute atomic E-state index is 0.0478. The monoisotopic (exact) mass is 388 g/mol. The van der Waals surface area contributed by atoms with Gasteiger partial charge in [0.05, 0.1) is 0 Å². The molecule has 2 aromatic carbocycles. The molecule has 2 heterocycles. The summed E-state index contributed by atoms with van der Waals surface area (Å²) in [5, 5.41) is 11.4. The fraction of sp³-hybridized carbons (Fsp3) is 0.174. The Labute approximate surface area is 168 Å². The van der Waals surface area contributed by atoms with Crippen LogP contribution in [0.1, 0.15) is 29.3 Å². The molecular formula is C23H21FN4O. The topological polar surface area (TPSA) is 59.3 Å². The number of hydrogen-bond acceptors (Lipinski definition) is 3. The normalized spacial score (nSPS) is 12.1. The van der Waals surface area contributed by atoms with Crippen molar-refractivity contribution in [3.05, 3.63) is 89.9 Å². The Kier molecular flexibility index (Phi) is 5.33. The van der Waals surface area contributed by atoms with Crippen molar-refractivity contribution < 1.29 is 9.18 Å². The Morgan fingerprint density at radius 1 is 1.07 bits per heavy atom. The summed E-state index contributed by atoms with van der Waals surface area (Å²) in [6, 6.07) is 19.8. The minimum Gasteiger partial charge on any atom is -0.350 e. The molecule has 0 saturated heterocycles. The van der Waals surface area contributed by atoms with Crippen molar-refractivity contribution in [1.29, 1.82) is 0 Å². The Balaban J connectivity index is 1.45. The third-order valence-electron chi connectivity index (χ3n) is 4.86. The SMILES string of the molecule is CC(CCc1ccccc1)NC(=O)c1ccn2c(-c3ccc(F)cc3)nnc2c1. The van der Waals surface area contributed by atoms with E-state index in [1.54, 1.807) is 34.9 Å². The summed E-state index contributed by atoms with van der Waals surface area (Å²) in [5.74, 6) is 0.158. The first-order valence-corrected chi connectivity index (χ1v) is 9.55. The largest absolute Gasteiger partial charge is 0.350 e. The van der Waals surface area contributed by atoms with Gasteiger partial charge >= 0.3 is 0 Å². The van der Waals surface area contributed by atoms with Gasteiger partial charge in [-0.05, 0) is 61.7 Å². The van der Waals surface area contributed by atoms with Crippen LogP contribution in [0.5, 0.6) is 0 Å². The lowest BCUT2D eigenvalue weighted by Crippen LogP contribution is -2.32. The van der Waals surface area contributed by atoms with E-state index < -0.39 is 0 Å². The van der Waals surface area contributed by atoms with Crippen LogP contribution in [-0.4, -0.2) is 26.5 Å². The second-order valence-electron chi connectivity index (χ2n) is 7.07. The van der Waals surface area contributed by atoms with E-state index >= 15 is 0 Å². The fourth-order valence-corrected chi connectivity index (χ4v) is 3.24. The molecule has 0 aliphatic heterocycles. The van der Waals surface area contributed by atoms with E-state index in [1.807, 2.05) is 25.1 Å². The second kappa shape index (κ2) is 8.22. The molecule has 0 aliphatic carbocycles. The zero-order valence-electron chi connectivity index (χ0n) is 16.0. The molecule has 2 aromatic heterocycles. The van der Waals surface area contributed by atoms with Crippen molar-refractivity contribution in [2.45, 2.75) is 25.8 Å². The quantitative estimate of drug-likeness (QED) is 0.536. The van der Waals surface area contributed by atoms with Gasteiger partial charge in [-0.25, -0.2) is 4.39 Å². The summed E-state index contributed by atoms with van der Waals surface area (Å²) in [4.78, 5) is 12.6. The standard InChI is InChI=1S/C23H21FN4O/c1-16(7-8-17-5-3-2-4-6-17)25-23(29)19-13-14-28-21(15-19)26-27-22(28)18-9-11-20(24)12-10-18/h2-6,9-16H,7-8H2,1H3,(H,25,29). The highest BCUT2D eigenvalue weighted by atomic mass is 19.1. The first-order valence-electron chi connectivity index (χ1n) is 9.55. The molecule has 1 N–H and O–H groups in total. The molecule has 146 valence electrons. The van der Waals surface area contributed by atoms with E-state index in [0.29, 0.717) is 17.0 Å². The number of amides is 1. The summed E-state index contributed by atoms with van der Waals surface area (Å²) < 4.78 is 14.9. The third-order valence-corrected chi connectivity index (χ3v) is 4.86. The van der Waals surface area contributed by atoms with Crippen LogP contribution in [0.4, 0.5) is 4.39 Å². The molecule has 0 spiro atoms. The number of rotatable bonds is 6. The number of carbonyl (C=O) groups is 1. The van der Waals surface area contributed by atoms with Crippen LogP contribution >= 0.6 is 0 Å². The van der Waals surface area contributed by atoms with Crippen LogP contribution < -0.4 is 5.32 Å². The predicted octanol–water partition coefficient (Wildman–Crippen LogP) is 4.29. The van der Waals surface area contributed by atoms with Gasteiger partial charge in [0.15, 0.2) is 11.5 Å². The number of halogens is 1. The number of hydrogen-bond donors (Lipinski definition) is 1. The molecule has 0 saturated carbocycles. The van der Waals surface area contributed by atoms with Crippen molar-refractivity contribution >= 4 is 11.6 Å². The van der Waals surface area contributed by atoms with E-state index in [-0.39, 0.29) is 17.8 Å². The van der Waals surface area contributed by atoms with Crippen molar-refractivity contribution in [2.24, 2.45) is 0 Å². The van der Waals surface area contributed by atoms with Gasteiger partial charge in [-0.1, -0.05) is 30.3 Å². The van der Waals surface area contributed by atoms with Crippen LogP contribution in [0, 0.1) is 5.82 Å². The van der Waals surface area contributed by atoms with Crippen LogP contribution in [0.25, 0.3) is 17.0 Å². The molecule has 1 atom stereocenters. The van der Waals surface area contributed by atoms with Gasteiger partial charge in [0, 0.05) is 23.4 Å². The summed E-state index contributed by atoms with van der Waals surface area (Å²) in [5.41, 5.74) is 3.11. The number of pyridine rings is 1. The zero-order valence-corrected chi connectivity index (χ0v) is 16.0. The van der Waals surface area contributed by atoms with Gasteiger partial charge in [0.25, 0.3) is 5.91 Å². The highest BCUT2D eigenvalue weighted by Crippen LogP contribution is 2.19. The van der Waals surface area contributed by atoms with E-state index in [1.165, 1.54) is 17.7 Å². The van der Waals surface area contributed by atoms with Gasteiger partial charge in [0.2, 0.25) is 0 Å². The Morgan fingerprint density at radius 3 is 2.59 bits per heavy atom. The van der Waals surface area contributed by atoms with Crippen LogP contribution in [0.15, 0.2) is 72.9 Å². The molecule has 0 radical (unpaired) electrons. The van der Waals surface area contributed by atoms with E-state index in [2.05, 4.69) is 27.6 Å². The summed E-state index contributed by atoms with van der Waals surface area (Å²) in [7, 11) is 0.